The lowest BCUT2D eigenvalue weighted by molar-refractivity contribution is -0.130. The average Bonchev–Trinajstić information content (AvgIpc) is 3.06. The number of benzene rings is 3. The lowest BCUT2D eigenvalue weighted by atomic mass is 9.90. The molecule has 0 aromatic heterocycles. The summed E-state index contributed by atoms with van der Waals surface area (Å²) in [7, 11) is 0. The fraction of sp³-hybridized carbons (Fsp3) is 0.395. The molecule has 0 saturated heterocycles. The molecule has 5 amide bonds. The van der Waals surface area contributed by atoms with E-state index in [0.717, 1.165) is 11.1 Å². The molecule has 4 rings (SSSR count). The summed E-state index contributed by atoms with van der Waals surface area (Å²) < 4.78 is 10.7. The summed E-state index contributed by atoms with van der Waals surface area (Å²) >= 11 is 0. The zero-order valence-corrected chi connectivity index (χ0v) is 29.4. The molecule has 1 aliphatic rings. The molecule has 6 N–H and O–H groups in total. The predicted molar refractivity (Wildman–Crippen MR) is 191 cm³/mol. The molecule has 0 radical (unpaired) electrons. The third-order valence-electron chi connectivity index (χ3n) is 8.27. The molecule has 13 heteroatoms. The number of primary amides is 1. The maximum Gasteiger partial charge on any atom is 0.408 e. The Hall–Kier alpha value is -5.59. The molecule has 0 saturated carbocycles. The first kappa shape index (κ1) is 38.2. The van der Waals surface area contributed by atoms with Gasteiger partial charge in [-0.1, -0.05) is 60.7 Å². The van der Waals surface area contributed by atoms with Gasteiger partial charge in [0.2, 0.25) is 11.8 Å². The van der Waals surface area contributed by atoms with Crippen molar-refractivity contribution >= 4 is 35.6 Å². The first-order valence-corrected chi connectivity index (χ1v) is 16.9. The van der Waals surface area contributed by atoms with Gasteiger partial charge in [-0.2, -0.15) is 0 Å². The van der Waals surface area contributed by atoms with E-state index >= 15 is 0 Å². The summed E-state index contributed by atoms with van der Waals surface area (Å²) in [6, 6.07) is 17.9. The minimum atomic E-state index is -1.19. The Morgan fingerprint density at radius 3 is 2.24 bits per heavy atom. The molecule has 0 aliphatic carbocycles. The van der Waals surface area contributed by atoms with Crippen LogP contribution in [-0.4, -0.2) is 65.3 Å². The maximum atomic E-state index is 14.3. The minimum absolute atomic E-state index is 0.0945. The van der Waals surface area contributed by atoms with E-state index in [0.29, 0.717) is 29.7 Å². The van der Waals surface area contributed by atoms with Crippen LogP contribution in [0.2, 0.25) is 0 Å². The van der Waals surface area contributed by atoms with Crippen molar-refractivity contribution in [2.24, 2.45) is 5.73 Å². The summed E-state index contributed by atoms with van der Waals surface area (Å²) in [4.78, 5) is 67.4. The maximum absolute atomic E-state index is 14.3. The molecule has 51 heavy (non-hydrogen) atoms. The Kier molecular flexibility index (Phi) is 13.0. The lowest BCUT2D eigenvalue weighted by Crippen LogP contribution is -2.61. The standard InChI is InChI=1S/C38H47N5O8/c1-24-19-27(44)21-32-28(24)22-30(42-37(49)51-38(2,3)4)35(47)43(32)31(34(46)41-29(33(39)45)20-25-13-7-5-8-14-25)17-11-12-18-40-36(48)50-23-26-15-9-6-10-16-26/h5-10,13-16,19,21,29-31,44H,11-12,17-18,20,22-23H2,1-4H3,(H2,39,45)(H,40,48)(H,41,46)(H,42,49)/t29?,30-,31-/m0/s1. The van der Waals surface area contributed by atoms with E-state index in [1.807, 2.05) is 36.4 Å². The number of aryl methyl sites for hydroxylation is 1. The molecule has 3 aromatic rings. The van der Waals surface area contributed by atoms with Crippen molar-refractivity contribution in [1.29, 1.82) is 0 Å². The van der Waals surface area contributed by atoms with Gasteiger partial charge in [-0.15, -0.1) is 0 Å². The zero-order valence-electron chi connectivity index (χ0n) is 29.4. The number of hydrogen-bond acceptors (Lipinski definition) is 8. The largest absolute Gasteiger partial charge is 0.508 e. The Balaban J connectivity index is 1.57. The molecule has 3 aromatic carbocycles. The number of nitrogens with two attached hydrogens (primary N) is 1. The number of unbranched alkanes of at least 4 members (excludes halogenated alkanes) is 1. The molecular weight excluding hydrogens is 654 g/mol. The Labute approximate surface area is 297 Å². The van der Waals surface area contributed by atoms with Gasteiger partial charge in [-0.3, -0.25) is 19.3 Å². The van der Waals surface area contributed by atoms with Gasteiger partial charge in [-0.05, 0) is 75.3 Å². The number of hydrogen-bond donors (Lipinski definition) is 5. The van der Waals surface area contributed by atoms with Crippen molar-refractivity contribution in [3.8, 4) is 5.75 Å². The van der Waals surface area contributed by atoms with Crippen molar-refractivity contribution in [2.45, 2.75) is 90.1 Å². The van der Waals surface area contributed by atoms with Gasteiger partial charge in [-0.25, -0.2) is 9.59 Å². The molecule has 1 unspecified atom stereocenters. The van der Waals surface area contributed by atoms with E-state index < -0.39 is 53.6 Å². The normalized spacial score (nSPS) is 15.2. The van der Waals surface area contributed by atoms with Crippen LogP contribution < -0.4 is 26.6 Å². The van der Waals surface area contributed by atoms with Gasteiger partial charge in [0.05, 0.1) is 5.69 Å². The number of phenolic OH excluding ortho intramolecular Hbond substituents is 1. The highest BCUT2D eigenvalue weighted by atomic mass is 16.6. The molecular formula is C38H47N5O8. The molecule has 1 aliphatic heterocycles. The highest BCUT2D eigenvalue weighted by molar-refractivity contribution is 6.07. The van der Waals surface area contributed by atoms with Crippen molar-refractivity contribution in [1.82, 2.24) is 16.0 Å². The Morgan fingerprint density at radius 1 is 0.961 bits per heavy atom. The summed E-state index contributed by atoms with van der Waals surface area (Å²) in [5, 5.41) is 18.7. The number of nitrogens with one attached hydrogen (secondary N) is 3. The van der Waals surface area contributed by atoms with Gasteiger partial charge < -0.3 is 36.3 Å². The summed E-state index contributed by atoms with van der Waals surface area (Å²) in [6.07, 6.45) is -0.306. The van der Waals surface area contributed by atoms with Crippen LogP contribution in [-0.2, 0) is 43.3 Å². The second-order valence-electron chi connectivity index (χ2n) is 13.5. The molecule has 3 atom stereocenters. The van der Waals surface area contributed by atoms with Crippen LogP contribution in [0.1, 0.15) is 62.3 Å². The first-order chi connectivity index (χ1) is 24.2. The van der Waals surface area contributed by atoms with Crippen LogP contribution in [0.15, 0.2) is 72.8 Å². The number of nitrogens with zero attached hydrogens (tertiary/aromatic N) is 1. The van der Waals surface area contributed by atoms with Crippen molar-refractivity contribution in [3.63, 3.8) is 0 Å². The molecule has 0 bridgehead atoms. The number of amides is 5. The van der Waals surface area contributed by atoms with Gasteiger partial charge in [0.25, 0.3) is 5.91 Å². The summed E-state index contributed by atoms with van der Waals surface area (Å²) in [5.74, 6) is -2.12. The van der Waals surface area contributed by atoms with E-state index in [1.54, 1.807) is 52.0 Å². The van der Waals surface area contributed by atoms with E-state index in [4.69, 9.17) is 15.2 Å². The number of phenols is 1. The van der Waals surface area contributed by atoms with Crippen LogP contribution in [0.25, 0.3) is 0 Å². The van der Waals surface area contributed by atoms with Crippen LogP contribution in [0.3, 0.4) is 0 Å². The highest BCUT2D eigenvalue weighted by Crippen LogP contribution is 2.36. The lowest BCUT2D eigenvalue weighted by Gasteiger charge is -2.40. The third kappa shape index (κ3) is 11.2. The van der Waals surface area contributed by atoms with Crippen LogP contribution in [0.4, 0.5) is 15.3 Å². The number of alkyl carbamates (subject to hydrolysis) is 2. The molecule has 0 fully saturated rings. The fourth-order valence-corrected chi connectivity index (χ4v) is 5.87. The quantitative estimate of drug-likeness (QED) is 0.155. The highest BCUT2D eigenvalue weighted by Gasteiger charge is 2.42. The number of rotatable bonds is 14. The van der Waals surface area contributed by atoms with Crippen LogP contribution >= 0.6 is 0 Å². The van der Waals surface area contributed by atoms with Gasteiger partial charge in [0.1, 0.15) is 36.1 Å². The van der Waals surface area contributed by atoms with Gasteiger partial charge in [0.15, 0.2) is 0 Å². The SMILES string of the molecule is Cc1cc(O)cc2c1C[C@H](NC(=O)OC(C)(C)C)C(=O)N2[C@@H](CCCCNC(=O)OCc1ccccc1)C(=O)NC(Cc1ccccc1)C(N)=O. The second-order valence-corrected chi connectivity index (χ2v) is 13.5. The van der Waals surface area contributed by atoms with Gasteiger partial charge in [0, 0.05) is 25.5 Å². The predicted octanol–water partition coefficient (Wildman–Crippen LogP) is 4.16. The minimum Gasteiger partial charge on any atom is -0.508 e. The number of aromatic hydroxyl groups is 1. The number of ether oxygens (including phenoxy) is 2. The Bertz CT molecular complexity index is 1690. The molecule has 0 spiro atoms. The number of anilines is 1. The van der Waals surface area contributed by atoms with E-state index in [2.05, 4.69) is 16.0 Å². The number of fused-ring (bicyclic) bond motifs is 1. The average molecular weight is 702 g/mol. The molecule has 1 heterocycles. The second kappa shape index (κ2) is 17.4. The Morgan fingerprint density at radius 2 is 1.61 bits per heavy atom. The molecule has 272 valence electrons. The van der Waals surface area contributed by atoms with Gasteiger partial charge >= 0.3 is 12.2 Å². The smallest absolute Gasteiger partial charge is 0.408 e. The third-order valence-corrected chi connectivity index (χ3v) is 8.27. The van der Waals surface area contributed by atoms with E-state index in [-0.39, 0.29) is 38.2 Å². The van der Waals surface area contributed by atoms with Crippen LogP contribution in [0.5, 0.6) is 5.75 Å². The van der Waals surface area contributed by atoms with Crippen LogP contribution in [0, 0.1) is 6.92 Å². The zero-order chi connectivity index (χ0) is 37.1. The van der Waals surface area contributed by atoms with Crippen molar-refractivity contribution in [2.75, 3.05) is 11.4 Å². The monoisotopic (exact) mass is 701 g/mol. The van der Waals surface area contributed by atoms with Crippen molar-refractivity contribution in [3.05, 3.63) is 95.1 Å². The van der Waals surface area contributed by atoms with E-state index in [1.165, 1.54) is 17.0 Å². The van der Waals surface area contributed by atoms with Crippen molar-refractivity contribution < 1.29 is 38.6 Å². The summed E-state index contributed by atoms with van der Waals surface area (Å²) in [5.41, 5.74) is 8.12. The summed E-state index contributed by atoms with van der Waals surface area (Å²) in [6.45, 7) is 7.21. The van der Waals surface area contributed by atoms with E-state index in [9.17, 15) is 29.1 Å². The topological polar surface area (TPSA) is 189 Å². The molecule has 13 nitrogen and oxygen atoms in total. The fourth-order valence-electron chi connectivity index (χ4n) is 5.87. The number of carbonyl (C=O) groups excluding carboxylic acids is 5. The number of carbonyl (C=O) groups is 5. The first-order valence-electron chi connectivity index (χ1n) is 16.9.